The summed E-state index contributed by atoms with van der Waals surface area (Å²) in [5.41, 5.74) is -0.521. The monoisotopic (exact) mass is 284 g/mol. The zero-order valence-corrected chi connectivity index (χ0v) is 12.8. The second-order valence-corrected chi connectivity index (χ2v) is 5.97. The SMILES string of the molecule is CC(=O)N1CCN(C(=O)CCC(=O)OC(C)(C)C)CC1. The van der Waals surface area contributed by atoms with Crippen molar-refractivity contribution in [3.63, 3.8) is 0 Å². The Morgan fingerprint density at radius 2 is 1.45 bits per heavy atom. The summed E-state index contributed by atoms with van der Waals surface area (Å²) < 4.78 is 5.16. The molecular formula is C14H24N2O4. The number of piperazine rings is 1. The Balaban J connectivity index is 2.31. The van der Waals surface area contributed by atoms with Crippen molar-refractivity contribution >= 4 is 17.8 Å². The lowest BCUT2D eigenvalue weighted by Crippen LogP contribution is -2.50. The van der Waals surface area contributed by atoms with Gasteiger partial charge >= 0.3 is 5.97 Å². The highest BCUT2D eigenvalue weighted by molar-refractivity contribution is 5.82. The molecule has 0 atom stereocenters. The van der Waals surface area contributed by atoms with Gasteiger partial charge in [-0.3, -0.25) is 14.4 Å². The Morgan fingerprint density at radius 1 is 0.950 bits per heavy atom. The predicted molar refractivity (Wildman–Crippen MR) is 73.9 cm³/mol. The molecule has 0 N–H and O–H groups in total. The normalized spacial score (nSPS) is 16.0. The summed E-state index contributed by atoms with van der Waals surface area (Å²) in [6, 6.07) is 0. The van der Waals surface area contributed by atoms with Crippen LogP contribution in [0.25, 0.3) is 0 Å². The fourth-order valence-electron chi connectivity index (χ4n) is 2.03. The third-order valence-electron chi connectivity index (χ3n) is 3.04. The summed E-state index contributed by atoms with van der Waals surface area (Å²) in [7, 11) is 0. The molecule has 1 aliphatic rings. The third kappa shape index (κ3) is 5.59. The first-order valence-corrected chi connectivity index (χ1v) is 6.94. The van der Waals surface area contributed by atoms with Gasteiger partial charge in [0.15, 0.2) is 0 Å². The minimum atomic E-state index is -0.521. The number of carbonyl (C=O) groups excluding carboxylic acids is 3. The average molecular weight is 284 g/mol. The maximum absolute atomic E-state index is 12.0. The number of esters is 1. The van der Waals surface area contributed by atoms with Gasteiger partial charge in [0.1, 0.15) is 5.60 Å². The van der Waals surface area contributed by atoms with Crippen LogP contribution in [0.15, 0.2) is 0 Å². The molecule has 0 aromatic rings. The van der Waals surface area contributed by atoms with Crippen molar-refractivity contribution in [2.75, 3.05) is 26.2 Å². The largest absolute Gasteiger partial charge is 0.460 e. The van der Waals surface area contributed by atoms with E-state index in [0.717, 1.165) is 0 Å². The molecule has 20 heavy (non-hydrogen) atoms. The van der Waals surface area contributed by atoms with Crippen LogP contribution in [0.1, 0.15) is 40.5 Å². The number of hydrogen-bond donors (Lipinski definition) is 0. The van der Waals surface area contributed by atoms with Crippen LogP contribution < -0.4 is 0 Å². The van der Waals surface area contributed by atoms with Gasteiger partial charge in [-0.25, -0.2) is 0 Å². The smallest absolute Gasteiger partial charge is 0.306 e. The molecule has 0 aromatic carbocycles. The lowest BCUT2D eigenvalue weighted by atomic mass is 10.2. The number of amides is 2. The molecule has 0 aliphatic carbocycles. The highest BCUT2D eigenvalue weighted by Gasteiger charge is 2.23. The van der Waals surface area contributed by atoms with Crippen LogP contribution in [0, 0.1) is 0 Å². The maximum atomic E-state index is 12.0. The minimum absolute atomic E-state index is 0.0332. The first kappa shape index (κ1) is 16.5. The van der Waals surface area contributed by atoms with Gasteiger partial charge in [-0.15, -0.1) is 0 Å². The molecule has 0 unspecified atom stereocenters. The Labute approximate surface area is 120 Å². The summed E-state index contributed by atoms with van der Waals surface area (Å²) in [5, 5.41) is 0. The fraction of sp³-hybridized carbons (Fsp3) is 0.786. The molecule has 114 valence electrons. The van der Waals surface area contributed by atoms with E-state index in [9.17, 15) is 14.4 Å². The molecule has 0 spiro atoms. The van der Waals surface area contributed by atoms with Gasteiger partial charge in [-0.1, -0.05) is 0 Å². The first-order chi connectivity index (χ1) is 9.19. The van der Waals surface area contributed by atoms with Gasteiger partial charge in [0.25, 0.3) is 0 Å². The number of carbonyl (C=O) groups is 3. The highest BCUT2D eigenvalue weighted by atomic mass is 16.6. The number of nitrogens with zero attached hydrogens (tertiary/aromatic N) is 2. The minimum Gasteiger partial charge on any atom is -0.460 e. The third-order valence-corrected chi connectivity index (χ3v) is 3.04. The van der Waals surface area contributed by atoms with E-state index in [1.807, 2.05) is 0 Å². The van der Waals surface area contributed by atoms with E-state index in [0.29, 0.717) is 26.2 Å². The quantitative estimate of drug-likeness (QED) is 0.719. The zero-order valence-electron chi connectivity index (χ0n) is 12.8. The molecule has 2 amide bonds. The fourth-order valence-corrected chi connectivity index (χ4v) is 2.03. The summed E-state index contributed by atoms with van der Waals surface area (Å²) in [4.78, 5) is 38.1. The lowest BCUT2D eigenvalue weighted by molar-refractivity contribution is -0.156. The average Bonchev–Trinajstić information content (AvgIpc) is 2.34. The van der Waals surface area contributed by atoms with Crippen molar-refractivity contribution in [2.24, 2.45) is 0 Å². The Kier molecular flexibility index (Phi) is 5.53. The first-order valence-electron chi connectivity index (χ1n) is 6.94. The summed E-state index contributed by atoms with van der Waals surface area (Å²) in [5.74, 6) is -0.377. The maximum Gasteiger partial charge on any atom is 0.306 e. The summed E-state index contributed by atoms with van der Waals surface area (Å²) in [6.45, 7) is 9.12. The number of rotatable bonds is 3. The molecule has 1 rings (SSSR count). The van der Waals surface area contributed by atoms with Crippen molar-refractivity contribution in [1.29, 1.82) is 0 Å². The van der Waals surface area contributed by atoms with Crippen molar-refractivity contribution in [3.8, 4) is 0 Å². The number of hydrogen-bond acceptors (Lipinski definition) is 4. The molecule has 1 heterocycles. The molecule has 1 fully saturated rings. The van der Waals surface area contributed by atoms with E-state index < -0.39 is 5.60 Å². The second kappa shape index (κ2) is 6.72. The molecule has 0 aromatic heterocycles. The van der Waals surface area contributed by atoms with Crippen molar-refractivity contribution in [1.82, 2.24) is 9.80 Å². The van der Waals surface area contributed by atoms with E-state index in [1.165, 1.54) is 6.92 Å². The van der Waals surface area contributed by atoms with Crippen LogP contribution in [0.4, 0.5) is 0 Å². The van der Waals surface area contributed by atoms with Crippen molar-refractivity contribution < 1.29 is 19.1 Å². The van der Waals surface area contributed by atoms with E-state index in [-0.39, 0.29) is 30.6 Å². The van der Waals surface area contributed by atoms with E-state index in [4.69, 9.17) is 4.74 Å². The standard InChI is InChI=1S/C14H24N2O4/c1-11(17)15-7-9-16(10-8-15)12(18)5-6-13(19)20-14(2,3)4/h5-10H2,1-4H3. The van der Waals surface area contributed by atoms with Gasteiger partial charge < -0.3 is 14.5 Å². The van der Waals surface area contributed by atoms with Crippen LogP contribution in [-0.2, 0) is 19.1 Å². The van der Waals surface area contributed by atoms with Crippen LogP contribution in [0.3, 0.4) is 0 Å². The highest BCUT2D eigenvalue weighted by Crippen LogP contribution is 2.10. The molecule has 6 nitrogen and oxygen atoms in total. The van der Waals surface area contributed by atoms with Crippen molar-refractivity contribution in [2.45, 2.75) is 46.1 Å². The molecule has 6 heteroatoms. The predicted octanol–water partition coefficient (Wildman–Crippen LogP) is 0.799. The lowest BCUT2D eigenvalue weighted by Gasteiger charge is -2.34. The molecule has 1 saturated heterocycles. The topological polar surface area (TPSA) is 66.9 Å². The summed E-state index contributed by atoms with van der Waals surface area (Å²) in [6.07, 6.45) is 0.262. The van der Waals surface area contributed by atoms with Gasteiger partial charge in [-0.2, -0.15) is 0 Å². The second-order valence-electron chi connectivity index (χ2n) is 5.97. The van der Waals surface area contributed by atoms with Gasteiger partial charge in [-0.05, 0) is 20.8 Å². The van der Waals surface area contributed by atoms with Crippen LogP contribution in [-0.4, -0.2) is 59.4 Å². The van der Waals surface area contributed by atoms with Crippen LogP contribution >= 0.6 is 0 Å². The van der Waals surface area contributed by atoms with Gasteiger partial charge in [0, 0.05) is 39.5 Å². The molecule has 0 radical (unpaired) electrons. The Bertz CT molecular complexity index is 379. The zero-order chi connectivity index (χ0) is 15.3. The van der Waals surface area contributed by atoms with E-state index in [1.54, 1.807) is 30.6 Å². The van der Waals surface area contributed by atoms with E-state index in [2.05, 4.69) is 0 Å². The molecular weight excluding hydrogens is 260 g/mol. The van der Waals surface area contributed by atoms with Crippen molar-refractivity contribution in [3.05, 3.63) is 0 Å². The summed E-state index contributed by atoms with van der Waals surface area (Å²) >= 11 is 0. The molecule has 0 bridgehead atoms. The van der Waals surface area contributed by atoms with Gasteiger partial charge in [0.2, 0.25) is 11.8 Å². The Morgan fingerprint density at radius 3 is 1.90 bits per heavy atom. The Hall–Kier alpha value is -1.59. The molecule has 0 saturated carbocycles. The van der Waals surface area contributed by atoms with E-state index >= 15 is 0 Å². The van der Waals surface area contributed by atoms with Crippen LogP contribution in [0.2, 0.25) is 0 Å². The molecule has 1 aliphatic heterocycles. The number of ether oxygens (including phenoxy) is 1. The van der Waals surface area contributed by atoms with Crippen LogP contribution in [0.5, 0.6) is 0 Å². The van der Waals surface area contributed by atoms with Gasteiger partial charge in [0.05, 0.1) is 6.42 Å².